The fourth-order valence-electron chi connectivity index (χ4n) is 2.82. The van der Waals surface area contributed by atoms with Crippen LogP contribution in [0.2, 0.25) is 0 Å². The zero-order chi connectivity index (χ0) is 19.4. The van der Waals surface area contributed by atoms with Gasteiger partial charge in [0, 0.05) is 12.1 Å². The van der Waals surface area contributed by atoms with Crippen molar-refractivity contribution >= 4 is 16.0 Å². The van der Waals surface area contributed by atoms with Crippen LogP contribution in [-0.2, 0) is 14.8 Å². The number of aliphatic hydroxyl groups is 1. The Hall–Kier alpha value is -1.70. The van der Waals surface area contributed by atoms with E-state index in [1.807, 2.05) is 20.8 Å². The Kier molecular flexibility index (Phi) is 7.34. The predicted molar refractivity (Wildman–Crippen MR) is 97.0 cm³/mol. The lowest BCUT2D eigenvalue weighted by molar-refractivity contribution is -0.133. The maximum atomic E-state index is 12.5. The molecule has 0 aliphatic carbocycles. The molecule has 0 spiro atoms. The Morgan fingerprint density at radius 3 is 2.16 bits per heavy atom. The summed E-state index contributed by atoms with van der Waals surface area (Å²) in [4.78, 5) is 11.4. The number of carboxylic acids is 1. The van der Waals surface area contributed by atoms with Crippen molar-refractivity contribution in [1.82, 2.24) is 4.72 Å². The second-order valence-corrected chi connectivity index (χ2v) is 8.45. The first-order valence-corrected chi connectivity index (χ1v) is 9.62. The normalized spacial score (nSPS) is 14.0. The Morgan fingerprint density at radius 1 is 1.20 bits per heavy atom. The lowest BCUT2D eigenvalue weighted by Crippen LogP contribution is -2.32. The number of carboxylic acid groups (broad SMARTS) is 1. The topological polar surface area (TPSA) is 104 Å². The molecule has 0 aliphatic heterocycles. The van der Waals surface area contributed by atoms with E-state index in [4.69, 9.17) is 5.11 Å². The van der Waals surface area contributed by atoms with E-state index in [9.17, 15) is 18.3 Å². The molecule has 0 aliphatic rings. The molecule has 140 valence electrons. The van der Waals surface area contributed by atoms with Gasteiger partial charge in [0.15, 0.2) is 0 Å². The average Bonchev–Trinajstić information content (AvgIpc) is 2.42. The first kappa shape index (κ1) is 21.3. The van der Waals surface area contributed by atoms with Crippen LogP contribution in [0.3, 0.4) is 0 Å². The minimum absolute atomic E-state index is 0.0735. The summed E-state index contributed by atoms with van der Waals surface area (Å²) in [6, 6.07) is 3.56. The standard InChI is InChI=1S/C18H27NO5S/c1-11(2)6-15(18(21)22)9-16(20)10-19-25(23,24)17-13(4)7-12(3)8-14(17)5/h7-9,11,16,19-20H,6,10H2,1-5H3,(H,21,22)/t16-/m0/s1. The van der Waals surface area contributed by atoms with Crippen molar-refractivity contribution in [2.75, 3.05) is 6.54 Å². The van der Waals surface area contributed by atoms with E-state index in [1.165, 1.54) is 6.08 Å². The summed E-state index contributed by atoms with van der Waals surface area (Å²) in [5.74, 6) is -0.995. The highest BCUT2D eigenvalue weighted by atomic mass is 32.2. The van der Waals surface area contributed by atoms with Gasteiger partial charge in [-0.05, 0) is 50.3 Å². The summed E-state index contributed by atoms with van der Waals surface area (Å²) in [5, 5.41) is 19.2. The zero-order valence-electron chi connectivity index (χ0n) is 15.3. The third-order valence-corrected chi connectivity index (χ3v) is 5.38. The molecule has 1 aromatic carbocycles. The van der Waals surface area contributed by atoms with Gasteiger partial charge in [-0.15, -0.1) is 0 Å². The predicted octanol–water partition coefficient (Wildman–Crippen LogP) is 2.31. The van der Waals surface area contributed by atoms with Crippen LogP contribution in [0.5, 0.6) is 0 Å². The average molecular weight is 369 g/mol. The van der Waals surface area contributed by atoms with Crippen molar-refractivity contribution in [3.05, 3.63) is 40.5 Å². The van der Waals surface area contributed by atoms with Gasteiger partial charge in [-0.2, -0.15) is 0 Å². The molecule has 0 aromatic heterocycles. The van der Waals surface area contributed by atoms with Crippen molar-refractivity contribution in [2.45, 2.75) is 52.0 Å². The number of hydrogen-bond donors (Lipinski definition) is 3. The van der Waals surface area contributed by atoms with Crippen LogP contribution in [0.4, 0.5) is 0 Å². The number of carbonyl (C=O) groups is 1. The third kappa shape index (κ3) is 6.26. The van der Waals surface area contributed by atoms with E-state index in [1.54, 1.807) is 26.0 Å². The highest BCUT2D eigenvalue weighted by Crippen LogP contribution is 2.21. The molecule has 3 N–H and O–H groups in total. The Balaban J connectivity index is 2.94. The van der Waals surface area contributed by atoms with Crippen LogP contribution in [0.25, 0.3) is 0 Å². The van der Waals surface area contributed by atoms with Gasteiger partial charge in [-0.25, -0.2) is 17.9 Å². The van der Waals surface area contributed by atoms with E-state index in [0.717, 1.165) is 5.56 Å². The summed E-state index contributed by atoms with van der Waals surface area (Å²) in [7, 11) is -3.80. The molecule has 0 amide bonds. The maximum absolute atomic E-state index is 12.5. The number of aliphatic hydroxyl groups excluding tert-OH is 1. The summed E-state index contributed by atoms with van der Waals surface area (Å²) in [6.07, 6.45) is 0.278. The molecular weight excluding hydrogens is 342 g/mol. The number of benzene rings is 1. The van der Waals surface area contributed by atoms with E-state index in [2.05, 4.69) is 4.72 Å². The van der Waals surface area contributed by atoms with E-state index < -0.39 is 22.1 Å². The van der Waals surface area contributed by atoms with Crippen molar-refractivity contribution < 1.29 is 23.4 Å². The Morgan fingerprint density at radius 2 is 1.72 bits per heavy atom. The molecule has 0 heterocycles. The molecule has 0 fully saturated rings. The van der Waals surface area contributed by atoms with Crippen LogP contribution in [-0.4, -0.2) is 37.2 Å². The summed E-state index contributed by atoms with van der Waals surface area (Å²) < 4.78 is 27.4. The number of rotatable bonds is 8. The minimum Gasteiger partial charge on any atom is -0.478 e. The monoisotopic (exact) mass is 369 g/mol. The molecule has 0 unspecified atom stereocenters. The third-order valence-electron chi connectivity index (χ3n) is 3.65. The van der Waals surface area contributed by atoms with Gasteiger partial charge in [-0.1, -0.05) is 31.5 Å². The van der Waals surface area contributed by atoms with Crippen LogP contribution < -0.4 is 4.72 Å². The molecular formula is C18H27NO5S. The molecule has 0 bridgehead atoms. The van der Waals surface area contributed by atoms with Crippen molar-refractivity contribution in [3.63, 3.8) is 0 Å². The minimum atomic E-state index is -3.80. The molecule has 0 saturated carbocycles. The second-order valence-electron chi connectivity index (χ2n) is 6.74. The lowest BCUT2D eigenvalue weighted by Gasteiger charge is -2.15. The smallest absolute Gasteiger partial charge is 0.331 e. The molecule has 25 heavy (non-hydrogen) atoms. The maximum Gasteiger partial charge on any atom is 0.331 e. The quantitative estimate of drug-likeness (QED) is 0.610. The van der Waals surface area contributed by atoms with Crippen molar-refractivity contribution in [2.24, 2.45) is 5.92 Å². The van der Waals surface area contributed by atoms with Gasteiger partial charge < -0.3 is 10.2 Å². The highest BCUT2D eigenvalue weighted by Gasteiger charge is 2.21. The number of nitrogens with one attached hydrogen (secondary N) is 1. The van der Waals surface area contributed by atoms with Crippen molar-refractivity contribution in [1.29, 1.82) is 0 Å². The fourth-order valence-corrected chi connectivity index (χ4v) is 4.32. The summed E-state index contributed by atoms with van der Waals surface area (Å²) >= 11 is 0. The summed E-state index contributed by atoms with van der Waals surface area (Å²) in [5.41, 5.74) is 2.29. The summed E-state index contributed by atoms with van der Waals surface area (Å²) in [6.45, 7) is 8.78. The van der Waals surface area contributed by atoms with Gasteiger partial charge >= 0.3 is 5.97 Å². The number of hydrogen-bond acceptors (Lipinski definition) is 4. The Labute approximate surface area is 149 Å². The van der Waals surface area contributed by atoms with Crippen LogP contribution in [0, 0.1) is 26.7 Å². The molecule has 0 saturated heterocycles. The van der Waals surface area contributed by atoms with Crippen LogP contribution >= 0.6 is 0 Å². The number of aryl methyl sites for hydroxylation is 3. The van der Waals surface area contributed by atoms with Gasteiger partial charge in [0.2, 0.25) is 10.0 Å². The molecule has 6 nitrogen and oxygen atoms in total. The van der Waals surface area contributed by atoms with E-state index in [0.29, 0.717) is 17.5 Å². The molecule has 1 aromatic rings. The SMILES string of the molecule is Cc1cc(C)c(S(=O)(=O)NC[C@@H](O)C=C(CC(C)C)C(=O)O)c(C)c1. The Bertz CT molecular complexity index is 743. The second kappa shape index (κ2) is 8.60. The van der Waals surface area contributed by atoms with Gasteiger partial charge in [-0.3, -0.25) is 0 Å². The van der Waals surface area contributed by atoms with Gasteiger partial charge in [0.05, 0.1) is 11.0 Å². The van der Waals surface area contributed by atoms with Crippen molar-refractivity contribution in [3.8, 4) is 0 Å². The first-order chi connectivity index (χ1) is 11.4. The zero-order valence-corrected chi connectivity index (χ0v) is 16.1. The fraction of sp³-hybridized carbons (Fsp3) is 0.500. The largest absolute Gasteiger partial charge is 0.478 e. The number of aliphatic carboxylic acids is 1. The molecule has 7 heteroatoms. The van der Waals surface area contributed by atoms with E-state index in [-0.39, 0.29) is 22.9 Å². The molecule has 1 atom stereocenters. The van der Waals surface area contributed by atoms with Crippen LogP contribution in [0.1, 0.15) is 37.0 Å². The van der Waals surface area contributed by atoms with Gasteiger partial charge in [0.25, 0.3) is 0 Å². The van der Waals surface area contributed by atoms with E-state index >= 15 is 0 Å². The first-order valence-electron chi connectivity index (χ1n) is 8.13. The lowest BCUT2D eigenvalue weighted by atomic mass is 10.0. The molecule has 0 radical (unpaired) electrons. The highest BCUT2D eigenvalue weighted by molar-refractivity contribution is 7.89. The molecule has 1 rings (SSSR count). The van der Waals surface area contributed by atoms with Crippen LogP contribution in [0.15, 0.2) is 28.7 Å². The number of sulfonamides is 1. The van der Waals surface area contributed by atoms with Gasteiger partial charge in [0.1, 0.15) is 0 Å².